The van der Waals surface area contributed by atoms with E-state index < -0.39 is 15.8 Å². The predicted octanol–water partition coefficient (Wildman–Crippen LogP) is 15.0. The zero-order valence-electron chi connectivity index (χ0n) is 37.0. The Kier molecular flexibility index (Phi) is 12.5. The van der Waals surface area contributed by atoms with E-state index in [2.05, 4.69) is 206 Å². The van der Waals surface area contributed by atoms with Crippen LogP contribution in [0.15, 0.2) is 206 Å². The summed E-state index contributed by atoms with van der Waals surface area (Å²) in [5, 5.41) is 2.96. The minimum atomic E-state index is -0.699. The van der Waals surface area contributed by atoms with E-state index in [0.717, 1.165) is 55.4 Å². The number of hydrogen-bond acceptors (Lipinski definition) is 2. The van der Waals surface area contributed by atoms with Crippen molar-refractivity contribution in [1.82, 2.24) is 0 Å². The normalized spacial score (nSPS) is 20.2. The minimum Gasteiger partial charge on any atom is -0.493 e. The van der Waals surface area contributed by atoms with E-state index in [4.69, 9.17) is 9.47 Å². The summed E-state index contributed by atoms with van der Waals surface area (Å²) >= 11 is 0. The monoisotopic (exact) mass is 882 g/mol. The highest BCUT2D eigenvalue weighted by Gasteiger charge is 2.43. The third kappa shape index (κ3) is 8.61. The van der Waals surface area contributed by atoms with Gasteiger partial charge in [0, 0.05) is 11.1 Å². The molecule has 0 spiro atoms. The molecule has 11 rings (SSSR count). The van der Waals surface area contributed by atoms with Gasteiger partial charge in [0.15, 0.2) is 0 Å². The molecule has 3 aliphatic heterocycles. The molecule has 0 bridgehead atoms. The number of ether oxygens (including phenoxy) is 2. The molecule has 4 atom stereocenters. The Morgan fingerprint density at radius 3 is 0.908 bits per heavy atom. The Hall–Kier alpha value is -5.78. The van der Waals surface area contributed by atoms with Gasteiger partial charge in [0.2, 0.25) is 0 Å². The Bertz CT molecular complexity index is 2530. The average Bonchev–Trinajstić information content (AvgIpc) is 4.03. The first-order valence-electron chi connectivity index (χ1n) is 23.7. The Morgan fingerprint density at radius 2 is 0.600 bits per heavy atom. The van der Waals surface area contributed by atoms with Crippen LogP contribution < -0.4 is 20.1 Å². The molecule has 3 heterocycles. The van der Waals surface area contributed by atoms with Crippen molar-refractivity contribution in [1.29, 1.82) is 0 Å². The lowest BCUT2D eigenvalue weighted by molar-refractivity contribution is 0.284. The molecular weight excluding hydrogens is 827 g/mol. The van der Waals surface area contributed by atoms with E-state index in [-0.39, 0.29) is 0 Å². The van der Waals surface area contributed by atoms with Gasteiger partial charge < -0.3 is 9.47 Å². The van der Waals surface area contributed by atoms with E-state index in [1.807, 2.05) is 0 Å². The minimum absolute atomic E-state index is 0.399. The van der Waals surface area contributed by atoms with Crippen LogP contribution in [0.25, 0.3) is 33.4 Å². The molecule has 2 fully saturated rings. The first-order valence-corrected chi connectivity index (χ1v) is 27.1. The second-order valence-corrected chi connectivity index (χ2v) is 22.6. The summed E-state index contributed by atoms with van der Waals surface area (Å²) in [6, 6.07) is 77.3. The van der Waals surface area contributed by atoms with E-state index >= 15 is 0 Å². The quantitative estimate of drug-likeness (QED) is 0.142. The number of rotatable bonds is 8. The standard InChI is InChI=1S/C61H56O2P2/c1-8-22-44(23-9-1)50-34-36-56-58(60(50)64-40-52(46-26-12-3-13-27-46)53(41-64)47-28-14-4-15-29-47)59-57(63-39-21-7-20-38-62-56)37-35-51(45-24-10-2-11-25-45)61(59)65-42-54(48-30-16-5-17-31-48)55(43-65)49-32-18-6-19-33-49/h1-6,8-19,22-37,52-55H,7,20-21,38-43H2/t52-,53-,54-,55-/m0/s1. The fourth-order valence-electron chi connectivity index (χ4n) is 11.1. The van der Waals surface area contributed by atoms with E-state index in [1.165, 1.54) is 66.2 Å². The van der Waals surface area contributed by atoms with E-state index in [1.54, 1.807) is 0 Å². The lowest BCUT2D eigenvalue weighted by Gasteiger charge is -2.29. The maximum Gasteiger partial charge on any atom is 0.127 e. The van der Waals surface area contributed by atoms with Crippen LogP contribution in [0.4, 0.5) is 0 Å². The van der Waals surface area contributed by atoms with Gasteiger partial charge in [0.25, 0.3) is 0 Å². The summed E-state index contributed by atoms with van der Waals surface area (Å²) in [6.45, 7) is 1.39. The van der Waals surface area contributed by atoms with Crippen molar-refractivity contribution in [2.24, 2.45) is 0 Å². The van der Waals surface area contributed by atoms with Crippen LogP contribution in [0.1, 0.15) is 65.2 Å². The lowest BCUT2D eigenvalue weighted by atomic mass is 9.84. The maximum atomic E-state index is 7.20. The number of hydrogen-bond donors (Lipinski definition) is 0. The van der Waals surface area contributed by atoms with Crippen molar-refractivity contribution in [2.45, 2.75) is 42.9 Å². The lowest BCUT2D eigenvalue weighted by Crippen LogP contribution is -2.20. The molecule has 0 saturated carbocycles. The van der Waals surface area contributed by atoms with Gasteiger partial charge in [-0.2, -0.15) is 0 Å². The van der Waals surface area contributed by atoms with Crippen molar-refractivity contribution in [3.05, 3.63) is 229 Å². The second-order valence-electron chi connectivity index (χ2n) is 18.0. The summed E-state index contributed by atoms with van der Waals surface area (Å²) in [4.78, 5) is 0. The summed E-state index contributed by atoms with van der Waals surface area (Å²) in [5.41, 5.74) is 13.5. The van der Waals surface area contributed by atoms with Gasteiger partial charge in [-0.15, -0.1) is 0 Å². The SMILES string of the molecule is c1ccc(-c2ccc3c(c2P2C[C@@H](c4ccccc4)[C@H](c4ccccc4)C2)-c2c(ccc(-c4ccccc4)c2P2C[C@@H](c4ccccc4)[C@H](c4ccccc4)C2)OCCCCCO3)cc1. The van der Waals surface area contributed by atoms with Gasteiger partial charge in [-0.05, 0) is 135 Å². The van der Waals surface area contributed by atoms with Gasteiger partial charge in [0.05, 0.1) is 13.2 Å². The molecule has 0 aromatic heterocycles. The van der Waals surface area contributed by atoms with Crippen molar-refractivity contribution < 1.29 is 9.47 Å². The van der Waals surface area contributed by atoms with Crippen LogP contribution in [-0.4, -0.2) is 37.9 Å². The van der Waals surface area contributed by atoms with Gasteiger partial charge in [-0.3, -0.25) is 0 Å². The highest BCUT2D eigenvalue weighted by Crippen LogP contribution is 2.62. The van der Waals surface area contributed by atoms with Gasteiger partial charge in [0.1, 0.15) is 11.5 Å². The molecule has 0 radical (unpaired) electrons. The van der Waals surface area contributed by atoms with Crippen LogP contribution in [-0.2, 0) is 0 Å². The highest BCUT2D eigenvalue weighted by molar-refractivity contribution is 7.67. The predicted molar refractivity (Wildman–Crippen MR) is 277 cm³/mol. The van der Waals surface area contributed by atoms with Crippen LogP contribution >= 0.6 is 15.8 Å². The Balaban J connectivity index is 1.19. The van der Waals surface area contributed by atoms with Crippen molar-refractivity contribution in [3.63, 3.8) is 0 Å². The van der Waals surface area contributed by atoms with Crippen LogP contribution in [0, 0.1) is 0 Å². The number of benzene rings is 8. The first kappa shape index (κ1) is 41.9. The molecule has 0 amide bonds. The molecule has 2 saturated heterocycles. The van der Waals surface area contributed by atoms with E-state index in [0.29, 0.717) is 36.9 Å². The molecule has 2 nitrogen and oxygen atoms in total. The fraction of sp³-hybridized carbons (Fsp3) is 0.213. The summed E-state index contributed by atoms with van der Waals surface area (Å²) < 4.78 is 14.4. The fourth-order valence-corrected chi connectivity index (χ4v) is 18.1. The molecule has 0 N–H and O–H groups in total. The summed E-state index contributed by atoms with van der Waals surface area (Å²) in [5.74, 6) is 3.61. The third-order valence-electron chi connectivity index (χ3n) is 14.2. The van der Waals surface area contributed by atoms with Gasteiger partial charge >= 0.3 is 0 Å². The van der Waals surface area contributed by atoms with Gasteiger partial charge in [-0.25, -0.2) is 0 Å². The molecule has 65 heavy (non-hydrogen) atoms. The summed E-state index contributed by atoms with van der Waals surface area (Å²) in [6.07, 6.45) is 7.52. The molecule has 0 unspecified atom stereocenters. The van der Waals surface area contributed by atoms with Crippen LogP contribution in [0.2, 0.25) is 0 Å². The van der Waals surface area contributed by atoms with Crippen molar-refractivity contribution in [3.8, 4) is 44.9 Å². The zero-order chi connectivity index (χ0) is 43.4. The summed E-state index contributed by atoms with van der Waals surface area (Å²) in [7, 11) is -1.40. The highest BCUT2D eigenvalue weighted by atomic mass is 31.1. The smallest absolute Gasteiger partial charge is 0.127 e. The zero-order valence-corrected chi connectivity index (χ0v) is 38.8. The average molecular weight is 883 g/mol. The molecule has 4 heteroatoms. The van der Waals surface area contributed by atoms with Crippen LogP contribution in [0.3, 0.4) is 0 Å². The largest absolute Gasteiger partial charge is 0.493 e. The first-order chi connectivity index (χ1) is 32.3. The van der Waals surface area contributed by atoms with Crippen molar-refractivity contribution >= 4 is 26.5 Å². The molecule has 8 aromatic rings. The molecule has 322 valence electrons. The number of fused-ring (bicyclic) bond motifs is 3. The van der Waals surface area contributed by atoms with Gasteiger partial charge in [-0.1, -0.05) is 210 Å². The molecular formula is C61H56O2P2. The third-order valence-corrected chi connectivity index (χ3v) is 19.7. The maximum absolute atomic E-state index is 7.20. The Morgan fingerprint density at radius 1 is 0.308 bits per heavy atom. The van der Waals surface area contributed by atoms with E-state index in [9.17, 15) is 0 Å². The molecule has 3 aliphatic rings. The van der Waals surface area contributed by atoms with Crippen LogP contribution in [0.5, 0.6) is 11.5 Å². The topological polar surface area (TPSA) is 18.5 Å². The molecule has 8 aromatic carbocycles. The van der Waals surface area contributed by atoms with Crippen molar-refractivity contribution in [2.75, 3.05) is 37.9 Å². The molecule has 0 aliphatic carbocycles. The Labute approximate surface area is 388 Å². The second kappa shape index (κ2) is 19.4.